The zero-order chi connectivity index (χ0) is 11.9. The number of hydrogen-bond donors (Lipinski definition) is 2. The van der Waals surface area contributed by atoms with Crippen LogP contribution in [0.15, 0.2) is 23.4 Å². The summed E-state index contributed by atoms with van der Waals surface area (Å²) in [4.78, 5) is 24.0. The molecule has 1 saturated heterocycles. The van der Waals surface area contributed by atoms with Gasteiger partial charge in [-0.1, -0.05) is 12.2 Å². The SMILES string of the molecule is C/C=C\C1=C(C(=O)O)N2C(=O)C(N)[C@H]2SC1.[KH]. The number of allylic oxidation sites excluding steroid dienone is 2. The third-order valence-electron chi connectivity index (χ3n) is 2.61. The van der Waals surface area contributed by atoms with E-state index in [-0.39, 0.29) is 68.4 Å². The Balaban J connectivity index is 0.00000144. The number of thioether (sulfide) groups is 1. The zero-order valence-corrected chi connectivity index (χ0v) is 9.53. The van der Waals surface area contributed by atoms with Crippen LogP contribution in [-0.4, -0.2) is 90.4 Å². The van der Waals surface area contributed by atoms with Crippen molar-refractivity contribution < 1.29 is 14.7 Å². The molecule has 0 saturated carbocycles. The number of carboxylic acids is 1. The van der Waals surface area contributed by atoms with E-state index in [0.717, 1.165) is 0 Å². The molecule has 0 aromatic carbocycles. The predicted molar refractivity (Wildman–Crippen MR) is 67.7 cm³/mol. The number of rotatable bonds is 2. The van der Waals surface area contributed by atoms with Crippen molar-refractivity contribution in [1.82, 2.24) is 4.90 Å². The van der Waals surface area contributed by atoms with Crippen LogP contribution in [-0.2, 0) is 9.59 Å². The van der Waals surface area contributed by atoms with E-state index in [2.05, 4.69) is 0 Å². The Hall–Kier alpha value is 0.366. The number of fused-ring (bicyclic) bond motifs is 1. The van der Waals surface area contributed by atoms with Gasteiger partial charge < -0.3 is 10.8 Å². The second-order valence-electron chi connectivity index (χ2n) is 3.61. The standard InChI is InChI=1S/C10H12N2O3S.K.H/c1-2-3-5-4-16-9-6(11)8(13)12(9)7(5)10(14)15;;/h2-3,6,9H,4,11H2,1H3,(H,14,15);;/b3-2-;;/t6?,9-;;/m1../s1. The van der Waals surface area contributed by atoms with Crippen molar-refractivity contribution in [2.45, 2.75) is 18.3 Å². The first-order valence-electron chi connectivity index (χ1n) is 4.87. The molecule has 0 radical (unpaired) electrons. The number of aliphatic carboxylic acids is 1. The van der Waals surface area contributed by atoms with Crippen LogP contribution < -0.4 is 5.73 Å². The van der Waals surface area contributed by atoms with Crippen LogP contribution in [0, 0.1) is 0 Å². The molecule has 7 heteroatoms. The van der Waals surface area contributed by atoms with Gasteiger partial charge in [-0.25, -0.2) is 4.79 Å². The van der Waals surface area contributed by atoms with Gasteiger partial charge in [0, 0.05) is 5.75 Å². The van der Waals surface area contributed by atoms with E-state index in [4.69, 9.17) is 10.8 Å². The molecule has 5 nitrogen and oxygen atoms in total. The normalized spacial score (nSPS) is 27.6. The summed E-state index contributed by atoms with van der Waals surface area (Å²) >= 11 is 1.50. The third-order valence-corrected chi connectivity index (χ3v) is 3.93. The molecule has 2 heterocycles. The molecule has 2 aliphatic heterocycles. The fourth-order valence-electron chi connectivity index (χ4n) is 1.87. The molecule has 2 rings (SSSR count). The summed E-state index contributed by atoms with van der Waals surface area (Å²) in [6.45, 7) is 1.81. The predicted octanol–water partition coefficient (Wildman–Crippen LogP) is -0.505. The molecule has 1 amide bonds. The van der Waals surface area contributed by atoms with E-state index in [9.17, 15) is 9.59 Å². The number of carboxylic acid groups (broad SMARTS) is 1. The van der Waals surface area contributed by atoms with E-state index in [1.807, 2.05) is 6.92 Å². The molecule has 17 heavy (non-hydrogen) atoms. The van der Waals surface area contributed by atoms with Crippen LogP contribution in [0.2, 0.25) is 0 Å². The Morgan fingerprint density at radius 3 is 2.82 bits per heavy atom. The number of carbonyl (C=O) groups excluding carboxylic acids is 1. The van der Waals surface area contributed by atoms with E-state index >= 15 is 0 Å². The van der Waals surface area contributed by atoms with Gasteiger partial charge in [0.15, 0.2) is 0 Å². The molecule has 88 valence electrons. The summed E-state index contributed by atoms with van der Waals surface area (Å²) in [6, 6.07) is -0.563. The minimum absolute atomic E-state index is 0. The number of carbonyl (C=O) groups is 2. The molecule has 3 N–H and O–H groups in total. The van der Waals surface area contributed by atoms with Crippen molar-refractivity contribution in [3.05, 3.63) is 23.4 Å². The fraction of sp³-hybridized carbons (Fsp3) is 0.400. The Bertz CT molecular complexity index is 422. The molecule has 1 fully saturated rings. The molecular formula is C10H13KN2O3S. The Kier molecular flexibility index (Phi) is 5.45. The Labute approximate surface area is 146 Å². The van der Waals surface area contributed by atoms with Gasteiger partial charge >= 0.3 is 57.4 Å². The third kappa shape index (κ3) is 2.55. The number of nitrogens with two attached hydrogens (primary N) is 1. The van der Waals surface area contributed by atoms with E-state index in [1.54, 1.807) is 12.2 Å². The average molecular weight is 280 g/mol. The molecule has 0 bridgehead atoms. The van der Waals surface area contributed by atoms with Crippen molar-refractivity contribution in [3.8, 4) is 0 Å². The van der Waals surface area contributed by atoms with Gasteiger partial charge in [0.2, 0.25) is 5.91 Å². The monoisotopic (exact) mass is 280 g/mol. The van der Waals surface area contributed by atoms with Crippen molar-refractivity contribution in [1.29, 1.82) is 0 Å². The van der Waals surface area contributed by atoms with Gasteiger partial charge in [0.25, 0.3) is 0 Å². The number of amides is 1. The average Bonchev–Trinajstić information content (AvgIpc) is 2.27. The van der Waals surface area contributed by atoms with Crippen molar-refractivity contribution in [2.75, 3.05) is 5.75 Å². The van der Waals surface area contributed by atoms with Crippen LogP contribution in [0.25, 0.3) is 0 Å². The summed E-state index contributed by atoms with van der Waals surface area (Å²) in [5.41, 5.74) is 6.35. The maximum absolute atomic E-state index is 11.5. The van der Waals surface area contributed by atoms with Crippen LogP contribution in [0.5, 0.6) is 0 Å². The van der Waals surface area contributed by atoms with Crippen LogP contribution in [0.1, 0.15) is 6.92 Å². The summed E-state index contributed by atoms with van der Waals surface area (Å²) in [6.07, 6.45) is 3.49. The minimum atomic E-state index is -1.07. The maximum atomic E-state index is 11.5. The second kappa shape index (κ2) is 6.01. The van der Waals surface area contributed by atoms with Crippen molar-refractivity contribution in [3.63, 3.8) is 0 Å². The molecular weight excluding hydrogens is 267 g/mol. The zero-order valence-electron chi connectivity index (χ0n) is 8.71. The molecule has 0 aliphatic carbocycles. The topological polar surface area (TPSA) is 83.6 Å². The number of nitrogens with zero attached hydrogens (tertiary/aromatic N) is 1. The van der Waals surface area contributed by atoms with Gasteiger partial charge in [-0.3, -0.25) is 9.69 Å². The molecule has 0 spiro atoms. The summed E-state index contributed by atoms with van der Waals surface area (Å²) in [7, 11) is 0. The van der Waals surface area contributed by atoms with Gasteiger partial charge in [-0.15, -0.1) is 11.8 Å². The number of β-lactam (4-membered cyclic amide) rings is 1. The quantitative estimate of drug-likeness (QED) is 0.526. The van der Waals surface area contributed by atoms with Gasteiger partial charge in [-0.2, -0.15) is 0 Å². The van der Waals surface area contributed by atoms with Crippen LogP contribution in [0.3, 0.4) is 0 Å². The fourth-order valence-corrected chi connectivity index (χ4v) is 3.13. The summed E-state index contributed by atoms with van der Waals surface area (Å²) in [5.74, 6) is -0.802. The molecule has 2 aliphatic rings. The number of hydrogen-bond acceptors (Lipinski definition) is 4. The van der Waals surface area contributed by atoms with E-state index < -0.39 is 12.0 Å². The van der Waals surface area contributed by atoms with Gasteiger partial charge in [-0.05, 0) is 12.5 Å². The van der Waals surface area contributed by atoms with Crippen LogP contribution in [0.4, 0.5) is 0 Å². The Morgan fingerprint density at radius 2 is 2.29 bits per heavy atom. The first kappa shape index (κ1) is 15.4. The molecule has 1 unspecified atom stereocenters. The Morgan fingerprint density at radius 1 is 1.65 bits per heavy atom. The first-order valence-corrected chi connectivity index (χ1v) is 5.92. The van der Waals surface area contributed by atoms with E-state index in [0.29, 0.717) is 11.3 Å². The van der Waals surface area contributed by atoms with Crippen molar-refractivity contribution >= 4 is 75.0 Å². The first-order chi connectivity index (χ1) is 7.57. The molecule has 0 aromatic heterocycles. The second-order valence-corrected chi connectivity index (χ2v) is 4.72. The van der Waals surface area contributed by atoms with E-state index in [1.165, 1.54) is 16.7 Å². The molecule has 2 atom stereocenters. The molecule has 0 aromatic rings. The van der Waals surface area contributed by atoms with Gasteiger partial charge in [0.05, 0.1) is 0 Å². The van der Waals surface area contributed by atoms with Gasteiger partial charge in [0.1, 0.15) is 17.1 Å². The summed E-state index contributed by atoms with van der Waals surface area (Å²) in [5, 5.41) is 8.91. The van der Waals surface area contributed by atoms with Crippen LogP contribution >= 0.6 is 11.8 Å². The summed E-state index contributed by atoms with van der Waals surface area (Å²) < 4.78 is 0. The van der Waals surface area contributed by atoms with Crippen molar-refractivity contribution in [2.24, 2.45) is 5.73 Å².